The second kappa shape index (κ2) is 10.1. The third-order valence-electron chi connectivity index (χ3n) is 5.62. The van der Waals surface area contributed by atoms with Crippen molar-refractivity contribution in [3.05, 3.63) is 46.4 Å². The minimum atomic E-state index is -0.383. The molecular formula is C22H29ClN4O4. The fraction of sp³-hybridized carbons (Fsp3) is 0.409. The summed E-state index contributed by atoms with van der Waals surface area (Å²) in [4.78, 5) is 26.6. The van der Waals surface area contributed by atoms with E-state index in [1.165, 1.54) is 0 Å². The highest BCUT2D eigenvalue weighted by Gasteiger charge is 2.27. The molecule has 1 atom stereocenters. The van der Waals surface area contributed by atoms with Gasteiger partial charge in [-0.2, -0.15) is 0 Å². The maximum Gasteiger partial charge on any atom is 0.347 e. The molecule has 168 valence electrons. The van der Waals surface area contributed by atoms with E-state index in [-0.39, 0.29) is 29.4 Å². The van der Waals surface area contributed by atoms with Gasteiger partial charge in [-0.25, -0.2) is 14.8 Å². The summed E-state index contributed by atoms with van der Waals surface area (Å²) in [5, 5.41) is 0.510. The van der Waals surface area contributed by atoms with Gasteiger partial charge < -0.3 is 24.4 Å². The van der Waals surface area contributed by atoms with Gasteiger partial charge in [0.25, 0.3) is 0 Å². The van der Waals surface area contributed by atoms with Gasteiger partial charge in [-0.15, -0.1) is 12.4 Å². The van der Waals surface area contributed by atoms with Crippen molar-refractivity contribution in [2.24, 2.45) is 0 Å². The lowest BCUT2D eigenvalue weighted by atomic mass is 10.1. The molecule has 1 saturated heterocycles. The van der Waals surface area contributed by atoms with E-state index in [0.29, 0.717) is 29.1 Å². The quantitative estimate of drug-likeness (QED) is 0.590. The van der Waals surface area contributed by atoms with Gasteiger partial charge in [0.15, 0.2) is 0 Å². The third kappa shape index (κ3) is 4.66. The van der Waals surface area contributed by atoms with Gasteiger partial charge >= 0.3 is 5.63 Å². The van der Waals surface area contributed by atoms with E-state index in [2.05, 4.69) is 33.9 Å². The van der Waals surface area contributed by atoms with E-state index in [4.69, 9.17) is 9.15 Å². The summed E-state index contributed by atoms with van der Waals surface area (Å²) in [7, 11) is 5.80. The number of hydrogen-bond donors (Lipinski definition) is 0. The number of pyridine rings is 1. The molecule has 4 rings (SSSR count). The maximum atomic E-state index is 12.8. The predicted octanol–water partition coefficient (Wildman–Crippen LogP) is 2.56. The molecule has 9 heteroatoms. The molecular weight excluding hydrogens is 420 g/mol. The average molecular weight is 449 g/mol. The Kier molecular flexibility index (Phi) is 8.00. The van der Waals surface area contributed by atoms with Crippen LogP contribution in [0.3, 0.4) is 0 Å². The summed E-state index contributed by atoms with van der Waals surface area (Å²) >= 11 is 0. The van der Waals surface area contributed by atoms with E-state index >= 15 is 0 Å². The van der Waals surface area contributed by atoms with Crippen LogP contribution in [0.2, 0.25) is 0 Å². The molecule has 0 bridgehead atoms. The number of aromatic nitrogens is 2. The number of aryl methyl sites for hydroxylation is 1. The summed E-state index contributed by atoms with van der Waals surface area (Å²) in [6.45, 7) is 3.77. The first kappa shape index (κ1) is 24.6. The Morgan fingerprint density at radius 2 is 2.10 bits per heavy atom. The van der Waals surface area contributed by atoms with E-state index in [9.17, 15) is 4.79 Å². The largest absolute Gasteiger partial charge is 0.497 e. The number of halogens is 1. The number of anilines is 1. The summed E-state index contributed by atoms with van der Waals surface area (Å²) < 4.78 is 11.1. The van der Waals surface area contributed by atoms with Crippen molar-refractivity contribution >= 4 is 29.1 Å². The van der Waals surface area contributed by atoms with Gasteiger partial charge in [0, 0.05) is 31.4 Å². The van der Waals surface area contributed by atoms with Crippen LogP contribution in [0, 0.1) is 0 Å². The van der Waals surface area contributed by atoms with E-state index < -0.39 is 0 Å². The van der Waals surface area contributed by atoms with Crippen LogP contribution in [0.5, 0.6) is 5.75 Å². The van der Waals surface area contributed by atoms with Crippen LogP contribution in [0.25, 0.3) is 22.4 Å². The Morgan fingerprint density at radius 1 is 1.32 bits per heavy atom. The molecule has 1 unspecified atom stereocenters. The molecule has 1 aliphatic rings. The van der Waals surface area contributed by atoms with Crippen LogP contribution in [0.1, 0.15) is 18.9 Å². The Balaban J connectivity index is 0.00000171. The lowest BCUT2D eigenvalue weighted by Gasteiger charge is -2.22. The van der Waals surface area contributed by atoms with Crippen LogP contribution >= 0.6 is 12.4 Å². The molecule has 0 spiro atoms. The Labute approximate surface area is 187 Å². The summed E-state index contributed by atoms with van der Waals surface area (Å²) in [6, 6.07) is 7.86. The number of fused-ring (bicyclic) bond motifs is 1. The zero-order chi connectivity index (χ0) is 20.5. The molecule has 0 amide bonds. The zero-order valence-corrected chi connectivity index (χ0v) is 19.0. The molecule has 3 heterocycles. The van der Waals surface area contributed by atoms with Crippen LogP contribution in [0.4, 0.5) is 5.82 Å². The molecule has 1 aliphatic heterocycles. The molecule has 8 nitrogen and oxygen atoms in total. The zero-order valence-electron chi connectivity index (χ0n) is 18.2. The SMILES string of the molecule is CCc1cc(OC)cc2nc(-c3cccnc3N3CCC(N(C)C)C3)oc(=O)c12.Cl.O. The average Bonchev–Trinajstić information content (AvgIpc) is 3.23. The first-order valence-corrected chi connectivity index (χ1v) is 9.90. The number of ether oxygens (including phenoxy) is 1. The Morgan fingerprint density at radius 3 is 2.74 bits per heavy atom. The van der Waals surface area contributed by atoms with E-state index in [1.54, 1.807) is 19.4 Å². The minimum Gasteiger partial charge on any atom is -0.497 e. The molecule has 2 N–H and O–H groups in total. The predicted molar refractivity (Wildman–Crippen MR) is 125 cm³/mol. The normalized spacial score (nSPS) is 15.6. The topological polar surface area (TPSA) is 103 Å². The Hall–Kier alpha value is -2.68. The first-order valence-electron chi connectivity index (χ1n) is 9.90. The molecule has 2 aromatic heterocycles. The number of hydrogen-bond acceptors (Lipinski definition) is 7. The number of rotatable bonds is 5. The molecule has 0 aliphatic carbocycles. The van der Waals surface area contributed by atoms with Crippen LogP contribution in [0.15, 0.2) is 39.7 Å². The van der Waals surface area contributed by atoms with Crippen molar-refractivity contribution in [2.45, 2.75) is 25.8 Å². The van der Waals surface area contributed by atoms with Gasteiger partial charge in [0.2, 0.25) is 5.89 Å². The lowest BCUT2D eigenvalue weighted by molar-refractivity contribution is 0.315. The Bertz CT molecular complexity index is 1100. The van der Waals surface area contributed by atoms with E-state index in [1.807, 2.05) is 25.1 Å². The second-order valence-electron chi connectivity index (χ2n) is 7.57. The van der Waals surface area contributed by atoms with Gasteiger partial charge in [-0.3, -0.25) is 0 Å². The first-order chi connectivity index (χ1) is 14.0. The smallest absolute Gasteiger partial charge is 0.347 e. The molecule has 0 radical (unpaired) electrons. The summed E-state index contributed by atoms with van der Waals surface area (Å²) in [5.74, 6) is 1.76. The number of benzene rings is 1. The summed E-state index contributed by atoms with van der Waals surface area (Å²) in [5.41, 5.74) is 1.79. The fourth-order valence-electron chi connectivity index (χ4n) is 3.94. The van der Waals surface area contributed by atoms with Crippen molar-refractivity contribution < 1.29 is 14.6 Å². The van der Waals surface area contributed by atoms with Crippen LogP contribution < -0.4 is 15.3 Å². The second-order valence-corrected chi connectivity index (χ2v) is 7.57. The highest BCUT2D eigenvalue weighted by Crippen LogP contribution is 2.31. The van der Waals surface area contributed by atoms with Crippen LogP contribution in [-0.4, -0.2) is 60.7 Å². The van der Waals surface area contributed by atoms with Crippen molar-refractivity contribution in [3.8, 4) is 17.2 Å². The van der Waals surface area contributed by atoms with Gasteiger partial charge in [-0.05, 0) is 50.7 Å². The number of likely N-dealkylation sites (N-methyl/N-ethyl adjacent to an activating group) is 1. The van der Waals surface area contributed by atoms with Crippen molar-refractivity contribution in [3.63, 3.8) is 0 Å². The maximum absolute atomic E-state index is 12.8. The van der Waals surface area contributed by atoms with E-state index in [0.717, 1.165) is 36.5 Å². The monoisotopic (exact) mass is 448 g/mol. The molecule has 1 aromatic carbocycles. The molecule has 0 saturated carbocycles. The highest BCUT2D eigenvalue weighted by molar-refractivity contribution is 5.85. The van der Waals surface area contributed by atoms with Crippen molar-refractivity contribution in [2.75, 3.05) is 39.2 Å². The fourth-order valence-corrected chi connectivity index (χ4v) is 3.94. The standard InChI is InChI=1S/C22H26N4O3.ClH.H2O/c1-5-14-11-16(28-4)12-18-19(14)22(27)29-21(24-18)17-7-6-9-23-20(17)26-10-8-15(13-26)25(2)3;;/h6-7,9,11-12,15H,5,8,10,13H2,1-4H3;1H;1H2. The highest BCUT2D eigenvalue weighted by atomic mass is 35.5. The molecule has 31 heavy (non-hydrogen) atoms. The van der Waals surface area contributed by atoms with Crippen molar-refractivity contribution in [1.29, 1.82) is 0 Å². The lowest BCUT2D eigenvalue weighted by Crippen LogP contribution is -2.31. The van der Waals surface area contributed by atoms with Gasteiger partial charge in [-0.1, -0.05) is 6.92 Å². The third-order valence-corrected chi connectivity index (χ3v) is 5.62. The van der Waals surface area contributed by atoms with Crippen LogP contribution in [-0.2, 0) is 6.42 Å². The molecule has 3 aromatic rings. The number of nitrogens with zero attached hydrogens (tertiary/aromatic N) is 4. The minimum absolute atomic E-state index is 0. The number of methoxy groups -OCH3 is 1. The molecule has 1 fully saturated rings. The summed E-state index contributed by atoms with van der Waals surface area (Å²) in [6.07, 6.45) is 3.52. The van der Waals surface area contributed by atoms with Gasteiger partial charge in [0.05, 0.1) is 23.6 Å². The van der Waals surface area contributed by atoms with Gasteiger partial charge in [0.1, 0.15) is 11.6 Å². The van der Waals surface area contributed by atoms with Crippen molar-refractivity contribution in [1.82, 2.24) is 14.9 Å².